The van der Waals surface area contributed by atoms with Crippen LogP contribution in [0.25, 0.3) is 0 Å². The highest BCUT2D eigenvalue weighted by Gasteiger charge is 2.37. The molecular weight excluding hydrogens is 432 g/mol. The van der Waals surface area contributed by atoms with E-state index in [2.05, 4.69) is 0 Å². The minimum Gasteiger partial charge on any atom is -0.462 e. The van der Waals surface area contributed by atoms with E-state index in [0.29, 0.717) is 5.69 Å². The molecule has 2 amide bonds. The Kier molecular flexibility index (Phi) is 5.74. The van der Waals surface area contributed by atoms with Gasteiger partial charge in [0.05, 0.1) is 33.9 Å². The molecule has 9 heteroatoms. The second kappa shape index (κ2) is 8.64. The molecule has 0 saturated heterocycles. The van der Waals surface area contributed by atoms with Crippen LogP contribution in [0.15, 0.2) is 76.5 Å². The molecule has 4 rings (SSSR count). The number of nitro benzene ring substituents is 1. The van der Waals surface area contributed by atoms with E-state index in [1.807, 2.05) is 0 Å². The Bertz CT molecular complexity index is 1240. The fourth-order valence-electron chi connectivity index (χ4n) is 3.25. The van der Waals surface area contributed by atoms with Crippen molar-refractivity contribution < 1.29 is 24.0 Å². The fraction of sp³-hybridized carbons (Fsp3) is 0.0870. The first-order valence-corrected chi connectivity index (χ1v) is 10.4. The van der Waals surface area contributed by atoms with E-state index in [-0.39, 0.29) is 29.0 Å². The normalized spacial score (nSPS) is 12.6. The number of nitro groups is 1. The van der Waals surface area contributed by atoms with Crippen LogP contribution in [-0.4, -0.2) is 29.3 Å². The summed E-state index contributed by atoms with van der Waals surface area (Å²) in [6.45, 7) is 1.89. The van der Waals surface area contributed by atoms with E-state index in [1.165, 1.54) is 42.1 Å². The smallest absolute Gasteiger partial charge is 0.338 e. The zero-order valence-electron chi connectivity index (χ0n) is 16.8. The maximum Gasteiger partial charge on any atom is 0.338 e. The lowest BCUT2D eigenvalue weighted by Gasteiger charge is -2.14. The Morgan fingerprint density at radius 1 is 0.938 bits per heavy atom. The number of non-ortho nitro benzene ring substituents is 1. The Balaban J connectivity index is 1.53. The van der Waals surface area contributed by atoms with Gasteiger partial charge in [0.15, 0.2) is 0 Å². The lowest BCUT2D eigenvalue weighted by Crippen LogP contribution is -2.29. The Morgan fingerprint density at radius 3 is 2.12 bits per heavy atom. The first kappa shape index (κ1) is 21.3. The Hall–Kier alpha value is -3.98. The summed E-state index contributed by atoms with van der Waals surface area (Å²) >= 11 is 1.40. The average molecular weight is 448 g/mol. The molecule has 3 aromatic carbocycles. The van der Waals surface area contributed by atoms with Crippen molar-refractivity contribution >= 4 is 40.9 Å². The van der Waals surface area contributed by atoms with Crippen LogP contribution < -0.4 is 4.90 Å². The minimum atomic E-state index is -0.554. The standard InChI is InChI=1S/C23H16N2O6S/c1-2-31-23(28)14-3-12-19-20(13-14)22(27)24(21(19)26)15-4-8-17(9-5-15)32-18-10-6-16(7-11-18)25(29)30/h3-13H,2H2,1H3. The third kappa shape index (κ3) is 3.97. The molecule has 0 radical (unpaired) electrons. The first-order chi connectivity index (χ1) is 15.4. The summed E-state index contributed by atoms with van der Waals surface area (Å²) in [6, 6.07) is 17.3. The predicted octanol–water partition coefficient (Wildman–Crippen LogP) is 4.72. The zero-order valence-corrected chi connectivity index (χ0v) is 17.6. The van der Waals surface area contributed by atoms with Gasteiger partial charge in [0.1, 0.15) is 0 Å². The Labute approximate surface area is 186 Å². The third-order valence-corrected chi connectivity index (χ3v) is 5.79. The van der Waals surface area contributed by atoms with E-state index >= 15 is 0 Å². The number of fused-ring (bicyclic) bond motifs is 1. The van der Waals surface area contributed by atoms with E-state index in [0.717, 1.165) is 14.7 Å². The van der Waals surface area contributed by atoms with Crippen LogP contribution in [0.3, 0.4) is 0 Å². The van der Waals surface area contributed by atoms with Gasteiger partial charge in [-0.2, -0.15) is 0 Å². The van der Waals surface area contributed by atoms with Gasteiger partial charge in [-0.1, -0.05) is 11.8 Å². The van der Waals surface area contributed by atoms with Crippen molar-refractivity contribution in [2.24, 2.45) is 0 Å². The quantitative estimate of drug-likeness (QED) is 0.232. The molecule has 1 aliphatic heterocycles. The summed E-state index contributed by atoms with van der Waals surface area (Å²) in [5.41, 5.74) is 1.02. The maximum atomic E-state index is 12.9. The number of esters is 1. The van der Waals surface area contributed by atoms with E-state index in [1.54, 1.807) is 43.3 Å². The molecule has 8 nitrogen and oxygen atoms in total. The molecule has 0 N–H and O–H groups in total. The monoisotopic (exact) mass is 448 g/mol. The summed E-state index contributed by atoms with van der Waals surface area (Å²) in [6.07, 6.45) is 0. The number of carbonyl (C=O) groups is 3. The third-order valence-electron chi connectivity index (χ3n) is 4.78. The molecule has 1 aliphatic rings. The van der Waals surface area contributed by atoms with Crippen molar-refractivity contribution in [3.05, 3.63) is 93.5 Å². The summed E-state index contributed by atoms with van der Waals surface area (Å²) in [5, 5.41) is 10.8. The van der Waals surface area contributed by atoms with Gasteiger partial charge in [-0.25, -0.2) is 9.69 Å². The van der Waals surface area contributed by atoms with Crippen molar-refractivity contribution in [2.45, 2.75) is 16.7 Å². The van der Waals surface area contributed by atoms with E-state index in [9.17, 15) is 24.5 Å². The van der Waals surface area contributed by atoms with Crippen LogP contribution in [-0.2, 0) is 4.74 Å². The van der Waals surface area contributed by atoms with E-state index in [4.69, 9.17) is 4.74 Å². The number of anilines is 1. The number of rotatable bonds is 6. The van der Waals surface area contributed by atoms with Gasteiger partial charge in [-0.3, -0.25) is 19.7 Å². The SMILES string of the molecule is CCOC(=O)c1ccc2c(c1)C(=O)N(c1ccc(Sc3ccc([N+](=O)[O-])cc3)cc1)C2=O. The highest BCUT2D eigenvalue weighted by molar-refractivity contribution is 7.99. The first-order valence-electron chi connectivity index (χ1n) is 9.61. The number of imide groups is 1. The highest BCUT2D eigenvalue weighted by atomic mass is 32.2. The number of ether oxygens (including phenoxy) is 1. The summed E-state index contributed by atoms with van der Waals surface area (Å²) in [5.74, 6) is -1.52. The van der Waals surface area contributed by atoms with Gasteiger partial charge in [-0.05, 0) is 61.5 Å². The maximum absolute atomic E-state index is 12.9. The number of carbonyl (C=O) groups excluding carboxylic acids is 3. The zero-order chi connectivity index (χ0) is 22.8. The predicted molar refractivity (Wildman–Crippen MR) is 117 cm³/mol. The van der Waals surface area contributed by atoms with Crippen LogP contribution in [0.2, 0.25) is 0 Å². The second-order valence-corrected chi connectivity index (χ2v) is 7.92. The lowest BCUT2D eigenvalue weighted by atomic mass is 10.1. The topological polar surface area (TPSA) is 107 Å². The van der Waals surface area contributed by atoms with Crippen molar-refractivity contribution in [1.29, 1.82) is 0 Å². The highest BCUT2D eigenvalue weighted by Crippen LogP contribution is 2.33. The van der Waals surface area contributed by atoms with Crippen molar-refractivity contribution in [1.82, 2.24) is 0 Å². The molecule has 0 saturated carbocycles. The number of amides is 2. The molecule has 32 heavy (non-hydrogen) atoms. The summed E-state index contributed by atoms with van der Waals surface area (Å²) < 4.78 is 4.96. The molecule has 0 unspecified atom stereocenters. The van der Waals surface area contributed by atoms with Gasteiger partial charge < -0.3 is 4.74 Å². The molecule has 0 fully saturated rings. The van der Waals surface area contributed by atoms with Gasteiger partial charge in [0.2, 0.25) is 0 Å². The molecule has 0 spiro atoms. The molecular formula is C23H16N2O6S. The van der Waals surface area contributed by atoms with Gasteiger partial charge in [-0.15, -0.1) is 0 Å². The van der Waals surface area contributed by atoms with Crippen molar-refractivity contribution in [3.63, 3.8) is 0 Å². The molecule has 0 bridgehead atoms. The average Bonchev–Trinajstić information content (AvgIpc) is 3.04. The number of hydrogen-bond acceptors (Lipinski definition) is 7. The van der Waals surface area contributed by atoms with Crippen molar-refractivity contribution in [2.75, 3.05) is 11.5 Å². The summed E-state index contributed by atoms with van der Waals surface area (Å²) in [4.78, 5) is 50.7. The van der Waals surface area contributed by atoms with Crippen LogP contribution in [0.4, 0.5) is 11.4 Å². The fourth-order valence-corrected chi connectivity index (χ4v) is 4.07. The molecule has 1 heterocycles. The van der Waals surface area contributed by atoms with Gasteiger partial charge in [0.25, 0.3) is 17.5 Å². The van der Waals surface area contributed by atoms with E-state index < -0.39 is 22.7 Å². The largest absolute Gasteiger partial charge is 0.462 e. The second-order valence-electron chi connectivity index (χ2n) is 6.77. The van der Waals surface area contributed by atoms with Crippen LogP contribution >= 0.6 is 11.8 Å². The Morgan fingerprint density at radius 2 is 1.53 bits per heavy atom. The van der Waals surface area contributed by atoms with Crippen molar-refractivity contribution in [3.8, 4) is 0 Å². The van der Waals surface area contributed by atoms with Crippen LogP contribution in [0.5, 0.6) is 0 Å². The molecule has 0 aromatic heterocycles. The summed E-state index contributed by atoms with van der Waals surface area (Å²) in [7, 11) is 0. The number of nitrogens with zero attached hydrogens (tertiary/aromatic N) is 2. The molecule has 160 valence electrons. The minimum absolute atomic E-state index is 0.0152. The lowest BCUT2D eigenvalue weighted by molar-refractivity contribution is -0.384. The number of benzene rings is 3. The van der Waals surface area contributed by atoms with Crippen LogP contribution in [0.1, 0.15) is 38.0 Å². The van der Waals surface area contributed by atoms with Gasteiger partial charge in [0, 0.05) is 21.9 Å². The molecule has 3 aromatic rings. The van der Waals surface area contributed by atoms with Crippen LogP contribution in [0, 0.1) is 10.1 Å². The molecule has 0 aliphatic carbocycles. The van der Waals surface area contributed by atoms with Gasteiger partial charge >= 0.3 is 5.97 Å². The number of hydrogen-bond donors (Lipinski definition) is 0. The molecule has 0 atom stereocenters.